The normalized spacial score (nSPS) is 17.8. The molecule has 0 fully saturated rings. The number of fused-ring (bicyclic) bond motifs is 1. The van der Waals surface area contributed by atoms with Gasteiger partial charge in [0.25, 0.3) is 0 Å². The highest BCUT2D eigenvalue weighted by molar-refractivity contribution is 6.08. The maximum absolute atomic E-state index is 12.6. The van der Waals surface area contributed by atoms with E-state index in [1.165, 1.54) is 0 Å². The summed E-state index contributed by atoms with van der Waals surface area (Å²) < 4.78 is 1.89. The summed E-state index contributed by atoms with van der Waals surface area (Å²) in [5.41, 5.74) is 1.97. The molecule has 0 spiro atoms. The SMILES string of the molecule is O=C(c1ccccc1)c1ccc2n1CCCCC2C(=O)O. The van der Waals surface area contributed by atoms with Gasteiger partial charge in [0.15, 0.2) is 0 Å². The number of ketones is 1. The molecule has 1 aromatic carbocycles. The Balaban J connectivity index is 2.02. The van der Waals surface area contributed by atoms with Crippen molar-refractivity contribution < 1.29 is 14.7 Å². The number of aromatic nitrogens is 1. The second-order valence-electron chi connectivity index (χ2n) is 5.38. The van der Waals surface area contributed by atoms with E-state index in [0.29, 0.717) is 24.2 Å². The lowest BCUT2D eigenvalue weighted by molar-refractivity contribution is -0.139. The van der Waals surface area contributed by atoms with Crippen molar-refractivity contribution in [3.8, 4) is 0 Å². The van der Waals surface area contributed by atoms with Gasteiger partial charge in [0.1, 0.15) is 0 Å². The third-order valence-electron chi connectivity index (χ3n) is 4.06. The predicted molar refractivity (Wildman–Crippen MR) is 78.5 cm³/mol. The van der Waals surface area contributed by atoms with Crippen molar-refractivity contribution in [1.82, 2.24) is 4.57 Å². The highest BCUT2D eigenvalue weighted by Gasteiger charge is 2.28. The van der Waals surface area contributed by atoms with Gasteiger partial charge >= 0.3 is 5.97 Å². The molecule has 3 rings (SSSR count). The van der Waals surface area contributed by atoms with Gasteiger partial charge in [-0.3, -0.25) is 9.59 Å². The van der Waals surface area contributed by atoms with Gasteiger partial charge in [0.2, 0.25) is 5.78 Å². The number of aliphatic carboxylic acids is 1. The zero-order valence-corrected chi connectivity index (χ0v) is 11.7. The van der Waals surface area contributed by atoms with Crippen LogP contribution in [0, 0.1) is 0 Å². The Morgan fingerprint density at radius 1 is 1.05 bits per heavy atom. The van der Waals surface area contributed by atoms with Crippen LogP contribution in [0.25, 0.3) is 0 Å². The topological polar surface area (TPSA) is 59.3 Å². The van der Waals surface area contributed by atoms with E-state index >= 15 is 0 Å². The first-order chi connectivity index (χ1) is 10.2. The van der Waals surface area contributed by atoms with E-state index in [4.69, 9.17) is 0 Å². The molecule has 1 aromatic heterocycles. The van der Waals surface area contributed by atoms with Crippen LogP contribution in [-0.2, 0) is 11.3 Å². The molecule has 108 valence electrons. The molecular formula is C17H17NO3. The van der Waals surface area contributed by atoms with Crippen molar-refractivity contribution in [3.63, 3.8) is 0 Å². The molecule has 2 aromatic rings. The van der Waals surface area contributed by atoms with Crippen LogP contribution in [0.3, 0.4) is 0 Å². The molecule has 1 atom stereocenters. The quantitative estimate of drug-likeness (QED) is 0.881. The number of carboxylic acid groups (broad SMARTS) is 1. The summed E-state index contributed by atoms with van der Waals surface area (Å²) in [6.07, 6.45) is 2.41. The van der Waals surface area contributed by atoms with E-state index in [9.17, 15) is 14.7 Å². The summed E-state index contributed by atoms with van der Waals surface area (Å²) >= 11 is 0. The number of benzene rings is 1. The second-order valence-corrected chi connectivity index (χ2v) is 5.38. The summed E-state index contributed by atoms with van der Waals surface area (Å²) in [5.74, 6) is -1.37. The van der Waals surface area contributed by atoms with Crippen LogP contribution in [0.1, 0.15) is 46.9 Å². The van der Waals surface area contributed by atoms with Gasteiger partial charge in [-0.2, -0.15) is 0 Å². The van der Waals surface area contributed by atoms with Crippen LogP contribution >= 0.6 is 0 Å². The van der Waals surface area contributed by atoms with Gasteiger partial charge in [-0.15, -0.1) is 0 Å². The van der Waals surface area contributed by atoms with Crippen molar-refractivity contribution in [1.29, 1.82) is 0 Å². The van der Waals surface area contributed by atoms with Crippen LogP contribution < -0.4 is 0 Å². The Morgan fingerprint density at radius 3 is 2.52 bits per heavy atom. The summed E-state index contributed by atoms with van der Waals surface area (Å²) in [7, 11) is 0. The minimum absolute atomic E-state index is 0.0483. The largest absolute Gasteiger partial charge is 0.481 e. The predicted octanol–water partition coefficient (Wildman–Crippen LogP) is 3.07. The average molecular weight is 283 g/mol. The molecule has 0 saturated heterocycles. The highest BCUT2D eigenvalue weighted by atomic mass is 16.4. The summed E-state index contributed by atoms with van der Waals surface area (Å²) in [6, 6.07) is 12.7. The zero-order chi connectivity index (χ0) is 14.8. The van der Waals surface area contributed by atoms with E-state index in [0.717, 1.165) is 18.5 Å². The van der Waals surface area contributed by atoms with E-state index in [1.54, 1.807) is 24.3 Å². The number of carbonyl (C=O) groups excluding carboxylic acids is 1. The lowest BCUT2D eigenvalue weighted by atomic mass is 10.0. The maximum atomic E-state index is 12.6. The summed E-state index contributed by atoms with van der Waals surface area (Å²) in [6.45, 7) is 0.708. The fourth-order valence-electron chi connectivity index (χ4n) is 2.99. The Morgan fingerprint density at radius 2 is 1.81 bits per heavy atom. The van der Waals surface area contributed by atoms with Gasteiger partial charge < -0.3 is 9.67 Å². The first kappa shape index (κ1) is 13.6. The fourth-order valence-corrected chi connectivity index (χ4v) is 2.99. The van der Waals surface area contributed by atoms with E-state index in [1.807, 2.05) is 22.8 Å². The van der Waals surface area contributed by atoms with Gasteiger partial charge in [-0.05, 0) is 25.0 Å². The van der Waals surface area contributed by atoms with Crippen LogP contribution in [0.2, 0.25) is 0 Å². The average Bonchev–Trinajstić information content (AvgIpc) is 2.79. The van der Waals surface area contributed by atoms with E-state index < -0.39 is 11.9 Å². The fraction of sp³-hybridized carbons (Fsp3) is 0.294. The number of carbonyl (C=O) groups is 2. The van der Waals surface area contributed by atoms with E-state index in [2.05, 4.69) is 0 Å². The Labute approximate surface area is 123 Å². The second kappa shape index (κ2) is 5.56. The lowest BCUT2D eigenvalue weighted by Crippen LogP contribution is -2.16. The molecule has 1 unspecified atom stereocenters. The van der Waals surface area contributed by atoms with Gasteiger partial charge in [-0.25, -0.2) is 0 Å². The molecule has 0 aliphatic carbocycles. The van der Waals surface area contributed by atoms with Crippen molar-refractivity contribution in [3.05, 3.63) is 59.4 Å². The van der Waals surface area contributed by atoms with Crippen molar-refractivity contribution in [2.75, 3.05) is 0 Å². The maximum Gasteiger partial charge on any atom is 0.312 e. The minimum Gasteiger partial charge on any atom is -0.481 e. The minimum atomic E-state index is -0.810. The molecule has 21 heavy (non-hydrogen) atoms. The first-order valence-electron chi connectivity index (χ1n) is 7.20. The summed E-state index contributed by atoms with van der Waals surface area (Å²) in [5, 5.41) is 9.38. The number of carboxylic acids is 1. The Bertz CT molecular complexity index is 673. The Kier molecular flexibility index (Phi) is 3.60. The van der Waals surface area contributed by atoms with Gasteiger partial charge in [-0.1, -0.05) is 36.8 Å². The molecule has 4 nitrogen and oxygen atoms in total. The molecule has 1 aliphatic heterocycles. The smallest absolute Gasteiger partial charge is 0.312 e. The molecule has 0 amide bonds. The van der Waals surface area contributed by atoms with E-state index in [-0.39, 0.29) is 5.78 Å². The van der Waals surface area contributed by atoms with Gasteiger partial charge in [0.05, 0.1) is 11.6 Å². The van der Waals surface area contributed by atoms with Crippen molar-refractivity contribution in [2.24, 2.45) is 0 Å². The highest BCUT2D eigenvalue weighted by Crippen LogP contribution is 2.29. The zero-order valence-electron chi connectivity index (χ0n) is 11.7. The third-order valence-corrected chi connectivity index (χ3v) is 4.06. The molecular weight excluding hydrogens is 266 g/mol. The third kappa shape index (κ3) is 2.49. The number of rotatable bonds is 3. The summed E-state index contributed by atoms with van der Waals surface area (Å²) in [4.78, 5) is 24.0. The van der Waals surface area contributed by atoms with Crippen molar-refractivity contribution in [2.45, 2.75) is 31.7 Å². The molecule has 1 aliphatic rings. The molecule has 4 heteroatoms. The van der Waals surface area contributed by atoms with Crippen molar-refractivity contribution >= 4 is 11.8 Å². The van der Waals surface area contributed by atoms with Crippen LogP contribution in [0.5, 0.6) is 0 Å². The Hall–Kier alpha value is -2.36. The molecule has 0 radical (unpaired) electrons. The van der Waals surface area contributed by atoms with Gasteiger partial charge in [0, 0.05) is 17.8 Å². The molecule has 0 bridgehead atoms. The number of hydrogen-bond donors (Lipinski definition) is 1. The molecule has 0 saturated carbocycles. The lowest BCUT2D eigenvalue weighted by Gasteiger charge is -2.13. The first-order valence-corrected chi connectivity index (χ1v) is 7.20. The number of hydrogen-bond acceptors (Lipinski definition) is 2. The standard InChI is InChI=1S/C17H17NO3/c19-16(12-6-2-1-3-7-12)15-10-9-14-13(17(20)21)8-4-5-11-18(14)15/h1-3,6-7,9-10,13H,4-5,8,11H2,(H,20,21). The van der Waals surface area contributed by atoms with Crippen LogP contribution in [0.15, 0.2) is 42.5 Å². The molecule has 2 heterocycles. The van der Waals surface area contributed by atoms with Crippen LogP contribution in [-0.4, -0.2) is 21.4 Å². The monoisotopic (exact) mass is 283 g/mol. The molecule has 1 N–H and O–H groups in total. The number of nitrogens with zero attached hydrogens (tertiary/aromatic N) is 1. The van der Waals surface area contributed by atoms with Crippen LogP contribution in [0.4, 0.5) is 0 Å².